The largest absolute Gasteiger partial charge is 0.353 e. The van der Waals surface area contributed by atoms with Gasteiger partial charge in [-0.25, -0.2) is 8.78 Å². The van der Waals surface area contributed by atoms with Gasteiger partial charge in [0.2, 0.25) is 5.91 Å². The second-order valence-electron chi connectivity index (χ2n) is 4.86. The molecule has 2 rings (SSSR count). The second kappa shape index (κ2) is 6.61. The number of benzene rings is 1. The van der Waals surface area contributed by atoms with E-state index in [0.717, 1.165) is 25.0 Å². The average Bonchev–Trinajstić information content (AvgIpc) is 3.17. The highest BCUT2D eigenvalue weighted by atomic mass is 19.1. The van der Waals surface area contributed by atoms with Gasteiger partial charge in [-0.15, -0.1) is 0 Å². The molecule has 0 saturated heterocycles. The molecule has 0 radical (unpaired) electrons. The molecule has 1 fully saturated rings. The van der Waals surface area contributed by atoms with Crippen molar-refractivity contribution in [2.45, 2.75) is 38.3 Å². The maximum absolute atomic E-state index is 13.3. The zero-order valence-corrected chi connectivity index (χ0v) is 10.7. The van der Waals surface area contributed by atoms with Gasteiger partial charge in [-0.3, -0.25) is 4.79 Å². The third-order valence-electron chi connectivity index (χ3n) is 3.02. The van der Waals surface area contributed by atoms with E-state index >= 15 is 0 Å². The minimum Gasteiger partial charge on any atom is -0.353 e. The van der Waals surface area contributed by atoms with Gasteiger partial charge in [-0.05, 0) is 44.0 Å². The van der Waals surface area contributed by atoms with Crippen molar-refractivity contribution in [1.29, 1.82) is 0 Å². The molecule has 0 aliphatic heterocycles. The summed E-state index contributed by atoms with van der Waals surface area (Å²) in [7, 11) is 0. The molecule has 0 unspecified atom stereocenters. The molecule has 104 valence electrons. The van der Waals surface area contributed by atoms with Gasteiger partial charge in [0.05, 0.1) is 0 Å². The van der Waals surface area contributed by atoms with Crippen LogP contribution in [0.15, 0.2) is 18.2 Å². The molecule has 0 aromatic heterocycles. The molecule has 1 aliphatic carbocycles. The summed E-state index contributed by atoms with van der Waals surface area (Å²) in [5.41, 5.74) is 0.308. The molecule has 5 heteroatoms. The van der Waals surface area contributed by atoms with Gasteiger partial charge in [0, 0.05) is 24.6 Å². The van der Waals surface area contributed by atoms with Crippen LogP contribution in [0.2, 0.25) is 0 Å². The summed E-state index contributed by atoms with van der Waals surface area (Å²) in [5, 5.41) is 5.91. The number of hydrogen-bond donors (Lipinski definition) is 2. The van der Waals surface area contributed by atoms with Gasteiger partial charge in [0.1, 0.15) is 11.6 Å². The molecular formula is C14H18F2N2O. The first-order chi connectivity index (χ1) is 9.15. The van der Waals surface area contributed by atoms with E-state index in [4.69, 9.17) is 0 Å². The van der Waals surface area contributed by atoms with E-state index in [2.05, 4.69) is 10.6 Å². The monoisotopic (exact) mass is 268 g/mol. The van der Waals surface area contributed by atoms with Crippen molar-refractivity contribution in [3.05, 3.63) is 35.4 Å². The molecule has 1 aromatic rings. The van der Waals surface area contributed by atoms with Crippen LogP contribution in [0.4, 0.5) is 8.78 Å². The molecule has 2 N–H and O–H groups in total. The minimum atomic E-state index is -0.443. The Labute approximate surface area is 111 Å². The van der Waals surface area contributed by atoms with E-state index in [0.29, 0.717) is 31.0 Å². The molecule has 3 nitrogen and oxygen atoms in total. The summed E-state index contributed by atoms with van der Waals surface area (Å²) in [5.74, 6) is -0.788. The lowest BCUT2D eigenvalue weighted by atomic mass is 10.2. The molecule has 19 heavy (non-hydrogen) atoms. The Balaban J connectivity index is 1.60. The van der Waals surface area contributed by atoms with Crippen molar-refractivity contribution in [1.82, 2.24) is 10.6 Å². The second-order valence-corrected chi connectivity index (χ2v) is 4.86. The van der Waals surface area contributed by atoms with Gasteiger partial charge < -0.3 is 10.6 Å². The highest BCUT2D eigenvalue weighted by Gasteiger charge is 2.22. The summed E-state index contributed by atoms with van der Waals surface area (Å²) < 4.78 is 26.2. The van der Waals surface area contributed by atoms with Crippen molar-refractivity contribution in [2.75, 3.05) is 6.54 Å². The van der Waals surface area contributed by atoms with Gasteiger partial charge in [-0.1, -0.05) is 0 Å². The number of hydrogen-bond acceptors (Lipinski definition) is 2. The van der Waals surface area contributed by atoms with Crippen molar-refractivity contribution < 1.29 is 13.6 Å². The van der Waals surface area contributed by atoms with Crippen LogP contribution in [0.3, 0.4) is 0 Å². The predicted molar refractivity (Wildman–Crippen MR) is 68.5 cm³/mol. The van der Waals surface area contributed by atoms with Crippen LogP contribution in [0.5, 0.6) is 0 Å². The van der Waals surface area contributed by atoms with Crippen molar-refractivity contribution in [3.8, 4) is 0 Å². The highest BCUT2D eigenvalue weighted by molar-refractivity contribution is 5.76. The lowest BCUT2D eigenvalue weighted by Gasteiger charge is -2.06. The Bertz CT molecular complexity index is 447. The maximum Gasteiger partial charge on any atom is 0.220 e. The van der Waals surface area contributed by atoms with Crippen LogP contribution in [-0.4, -0.2) is 18.5 Å². The van der Waals surface area contributed by atoms with Crippen molar-refractivity contribution in [2.24, 2.45) is 0 Å². The molecule has 0 atom stereocenters. The van der Waals surface area contributed by atoms with Crippen LogP contribution in [0.1, 0.15) is 31.2 Å². The van der Waals surface area contributed by atoms with E-state index in [1.54, 1.807) is 0 Å². The fourth-order valence-electron chi connectivity index (χ4n) is 1.80. The van der Waals surface area contributed by atoms with Gasteiger partial charge in [0.15, 0.2) is 0 Å². The molecule has 0 bridgehead atoms. The number of carbonyl (C=O) groups excluding carboxylic acids is 1. The molecule has 1 saturated carbocycles. The minimum absolute atomic E-state index is 0.0706. The number of rotatable bonds is 7. The van der Waals surface area contributed by atoms with E-state index in [-0.39, 0.29) is 12.5 Å². The smallest absolute Gasteiger partial charge is 0.220 e. The molecule has 1 aromatic carbocycles. The Morgan fingerprint density at radius 1 is 1.32 bits per heavy atom. The predicted octanol–water partition coefficient (Wildman–Crippen LogP) is 2.11. The SMILES string of the molecule is O=C(CCCNCc1cc(F)ccc1F)NC1CC1. The fraction of sp³-hybridized carbons (Fsp3) is 0.500. The maximum atomic E-state index is 13.3. The number of halogens is 2. The first-order valence-corrected chi connectivity index (χ1v) is 6.59. The number of nitrogens with one attached hydrogen (secondary N) is 2. The molecule has 0 heterocycles. The van der Waals surface area contributed by atoms with Crippen molar-refractivity contribution in [3.63, 3.8) is 0 Å². The first-order valence-electron chi connectivity index (χ1n) is 6.59. The lowest BCUT2D eigenvalue weighted by Crippen LogP contribution is -2.26. The zero-order valence-electron chi connectivity index (χ0n) is 10.7. The Kier molecular flexibility index (Phi) is 4.85. The van der Waals surface area contributed by atoms with Gasteiger partial charge in [-0.2, -0.15) is 0 Å². The normalized spacial score (nSPS) is 14.4. The van der Waals surface area contributed by atoms with Crippen LogP contribution in [-0.2, 0) is 11.3 Å². The summed E-state index contributed by atoms with van der Waals surface area (Å²) in [6.07, 6.45) is 3.33. The number of carbonyl (C=O) groups is 1. The summed E-state index contributed by atoms with van der Waals surface area (Å²) in [4.78, 5) is 11.4. The van der Waals surface area contributed by atoms with E-state index < -0.39 is 11.6 Å². The third kappa shape index (κ3) is 4.95. The highest BCUT2D eigenvalue weighted by Crippen LogP contribution is 2.18. The fourth-order valence-corrected chi connectivity index (χ4v) is 1.80. The summed E-state index contributed by atoms with van der Waals surface area (Å²) in [6, 6.07) is 3.79. The Morgan fingerprint density at radius 3 is 2.84 bits per heavy atom. The van der Waals surface area contributed by atoms with E-state index in [9.17, 15) is 13.6 Å². The first kappa shape index (κ1) is 13.9. The standard InChI is InChI=1S/C14H18F2N2O/c15-11-3-6-13(16)10(8-11)9-17-7-1-2-14(19)18-12-4-5-12/h3,6,8,12,17H,1-2,4-5,7,9H2,(H,18,19). The van der Waals surface area contributed by atoms with Crippen LogP contribution >= 0.6 is 0 Å². The quantitative estimate of drug-likeness (QED) is 0.744. The van der Waals surface area contributed by atoms with Crippen LogP contribution in [0.25, 0.3) is 0 Å². The van der Waals surface area contributed by atoms with Crippen LogP contribution in [0, 0.1) is 11.6 Å². The number of amides is 1. The Morgan fingerprint density at radius 2 is 2.11 bits per heavy atom. The Hall–Kier alpha value is -1.49. The topological polar surface area (TPSA) is 41.1 Å². The average molecular weight is 268 g/mol. The van der Waals surface area contributed by atoms with Crippen molar-refractivity contribution >= 4 is 5.91 Å². The van der Waals surface area contributed by atoms with E-state index in [1.165, 1.54) is 6.07 Å². The third-order valence-corrected chi connectivity index (χ3v) is 3.02. The van der Waals surface area contributed by atoms with E-state index in [1.807, 2.05) is 0 Å². The lowest BCUT2D eigenvalue weighted by molar-refractivity contribution is -0.121. The van der Waals surface area contributed by atoms with Crippen LogP contribution < -0.4 is 10.6 Å². The molecule has 0 spiro atoms. The molecular weight excluding hydrogens is 250 g/mol. The summed E-state index contributed by atoms with van der Waals surface area (Å²) in [6.45, 7) is 0.877. The zero-order chi connectivity index (χ0) is 13.7. The summed E-state index contributed by atoms with van der Waals surface area (Å²) >= 11 is 0. The van der Waals surface area contributed by atoms with Gasteiger partial charge in [0.25, 0.3) is 0 Å². The molecule has 1 aliphatic rings. The van der Waals surface area contributed by atoms with Gasteiger partial charge >= 0.3 is 0 Å². The molecule has 1 amide bonds.